The normalized spacial score (nSPS) is 13.4. The molecule has 0 radical (unpaired) electrons. The molecule has 0 saturated carbocycles. The molecule has 0 unspecified atom stereocenters. The van der Waals surface area contributed by atoms with Gasteiger partial charge < -0.3 is 15.2 Å². The summed E-state index contributed by atoms with van der Waals surface area (Å²) in [7, 11) is 0. The molecule has 1 aliphatic rings. The third-order valence-corrected chi connectivity index (χ3v) is 5.62. The van der Waals surface area contributed by atoms with Crippen LogP contribution in [0.5, 0.6) is 0 Å². The summed E-state index contributed by atoms with van der Waals surface area (Å²) in [6.07, 6.45) is 3.39. The van der Waals surface area contributed by atoms with Gasteiger partial charge >= 0.3 is 12.1 Å². The summed E-state index contributed by atoms with van der Waals surface area (Å²) in [6, 6.07) is 25.4. The maximum atomic E-state index is 12.5. The van der Waals surface area contributed by atoms with Gasteiger partial charge in [0, 0.05) is 12.0 Å². The minimum Gasteiger partial charge on any atom is -0.481 e. The number of ether oxygens (including phenoxy) is 1. The first-order valence-electron chi connectivity index (χ1n) is 10.7. The number of fused-ring (bicyclic) bond motifs is 3. The second kappa shape index (κ2) is 9.96. The van der Waals surface area contributed by atoms with Gasteiger partial charge in [-0.15, -0.1) is 0 Å². The van der Waals surface area contributed by atoms with Gasteiger partial charge in [-0.05, 0) is 34.2 Å². The highest BCUT2D eigenvalue weighted by atomic mass is 16.5. The van der Waals surface area contributed by atoms with Crippen LogP contribution in [-0.2, 0) is 9.53 Å². The van der Waals surface area contributed by atoms with Crippen LogP contribution in [0.3, 0.4) is 0 Å². The Morgan fingerprint density at radius 3 is 2.12 bits per heavy atom. The van der Waals surface area contributed by atoms with Crippen molar-refractivity contribution in [3.8, 4) is 11.1 Å². The van der Waals surface area contributed by atoms with E-state index in [2.05, 4.69) is 29.6 Å². The molecule has 3 aromatic carbocycles. The lowest BCUT2D eigenvalue weighted by Gasteiger charge is -2.18. The van der Waals surface area contributed by atoms with Crippen LogP contribution in [0, 0.1) is 0 Å². The Kier molecular flexibility index (Phi) is 6.66. The van der Waals surface area contributed by atoms with E-state index in [9.17, 15) is 14.7 Å². The predicted octanol–water partition coefficient (Wildman–Crippen LogP) is 5.47. The van der Waals surface area contributed by atoms with Gasteiger partial charge in [-0.25, -0.2) is 4.79 Å². The van der Waals surface area contributed by atoms with E-state index in [4.69, 9.17) is 4.74 Å². The molecule has 0 bridgehead atoms. The Balaban J connectivity index is 1.38. The van der Waals surface area contributed by atoms with Crippen molar-refractivity contribution in [2.45, 2.75) is 24.8 Å². The molecule has 0 fully saturated rings. The number of hydrogen-bond acceptors (Lipinski definition) is 3. The maximum Gasteiger partial charge on any atom is 0.407 e. The van der Waals surface area contributed by atoms with Gasteiger partial charge in [0.15, 0.2) is 0 Å². The van der Waals surface area contributed by atoms with Gasteiger partial charge in [0.05, 0.1) is 6.42 Å². The number of amides is 1. The van der Waals surface area contributed by atoms with Crippen molar-refractivity contribution in [2.24, 2.45) is 0 Å². The monoisotopic (exact) mass is 427 g/mol. The second-order valence-corrected chi connectivity index (χ2v) is 7.81. The number of nitrogens with one attached hydrogen (secondary N) is 1. The average molecular weight is 428 g/mol. The molecule has 1 amide bonds. The van der Waals surface area contributed by atoms with Gasteiger partial charge in [0.25, 0.3) is 0 Å². The van der Waals surface area contributed by atoms with Gasteiger partial charge in [0.2, 0.25) is 0 Å². The number of carbonyl (C=O) groups excluding carboxylic acids is 1. The Morgan fingerprint density at radius 2 is 1.50 bits per heavy atom. The molecule has 162 valence electrons. The molecular formula is C27H25NO4. The summed E-state index contributed by atoms with van der Waals surface area (Å²) in [5.74, 6) is -1.01. The number of aliphatic carboxylic acids is 1. The van der Waals surface area contributed by atoms with Crippen molar-refractivity contribution < 1.29 is 19.4 Å². The highest BCUT2D eigenvalue weighted by Gasteiger charge is 2.29. The molecule has 32 heavy (non-hydrogen) atoms. The van der Waals surface area contributed by atoms with E-state index in [-0.39, 0.29) is 18.9 Å². The van der Waals surface area contributed by atoms with E-state index < -0.39 is 18.1 Å². The molecule has 0 saturated heterocycles. The third kappa shape index (κ3) is 5.06. The lowest BCUT2D eigenvalue weighted by Crippen LogP contribution is -2.37. The summed E-state index contributed by atoms with van der Waals surface area (Å²) in [6.45, 7) is 0.194. The van der Waals surface area contributed by atoms with Crippen LogP contribution in [0.1, 0.15) is 35.4 Å². The Morgan fingerprint density at radius 1 is 0.906 bits per heavy atom. The molecule has 1 atom stereocenters. The van der Waals surface area contributed by atoms with Crippen LogP contribution in [0.25, 0.3) is 17.2 Å². The number of rotatable bonds is 8. The summed E-state index contributed by atoms with van der Waals surface area (Å²) in [5, 5.41) is 11.9. The fourth-order valence-corrected chi connectivity index (χ4v) is 4.14. The number of carboxylic acids is 1. The zero-order valence-corrected chi connectivity index (χ0v) is 17.6. The van der Waals surface area contributed by atoms with E-state index in [0.29, 0.717) is 6.42 Å². The van der Waals surface area contributed by atoms with Gasteiger partial charge in [-0.1, -0.05) is 91.0 Å². The summed E-state index contributed by atoms with van der Waals surface area (Å²) in [5.41, 5.74) is 5.60. The van der Waals surface area contributed by atoms with Crippen LogP contribution in [0.15, 0.2) is 84.9 Å². The van der Waals surface area contributed by atoms with E-state index in [1.807, 2.05) is 66.7 Å². The molecule has 1 aliphatic carbocycles. The Hall–Kier alpha value is -3.86. The topological polar surface area (TPSA) is 75.6 Å². The van der Waals surface area contributed by atoms with Crippen molar-refractivity contribution >= 4 is 18.1 Å². The molecule has 0 aromatic heterocycles. The lowest BCUT2D eigenvalue weighted by atomic mass is 9.98. The van der Waals surface area contributed by atoms with Gasteiger partial charge in [-0.3, -0.25) is 4.79 Å². The number of alkyl carbamates (subject to hydrolysis) is 1. The number of benzene rings is 3. The SMILES string of the molecule is O=C(O)C[C@@H](C/C=C\c1ccccc1)NC(=O)OCC1c2ccccc2-c2ccccc21. The van der Waals surface area contributed by atoms with Crippen LogP contribution in [0.2, 0.25) is 0 Å². The van der Waals surface area contributed by atoms with E-state index in [1.54, 1.807) is 0 Å². The smallest absolute Gasteiger partial charge is 0.407 e. The second-order valence-electron chi connectivity index (χ2n) is 7.81. The zero-order valence-electron chi connectivity index (χ0n) is 17.6. The molecule has 0 aliphatic heterocycles. The van der Waals surface area contributed by atoms with E-state index >= 15 is 0 Å². The van der Waals surface area contributed by atoms with E-state index in [1.165, 1.54) is 0 Å². The van der Waals surface area contributed by atoms with Crippen LogP contribution >= 0.6 is 0 Å². The van der Waals surface area contributed by atoms with Crippen molar-refractivity contribution in [2.75, 3.05) is 6.61 Å². The van der Waals surface area contributed by atoms with E-state index in [0.717, 1.165) is 27.8 Å². The quantitative estimate of drug-likeness (QED) is 0.500. The molecule has 0 heterocycles. The molecule has 0 spiro atoms. The summed E-state index contributed by atoms with van der Waals surface area (Å²) < 4.78 is 5.55. The standard InChI is InChI=1S/C27H25NO4/c29-26(30)17-20(12-8-11-19-9-2-1-3-10-19)28-27(31)32-18-25-23-15-6-4-13-21(23)22-14-5-7-16-24(22)25/h1-11,13-16,20,25H,12,17-18H2,(H,28,31)(H,29,30)/b11-8-/t20-/m1/s1. The van der Waals surface area contributed by atoms with Crippen LogP contribution in [0.4, 0.5) is 4.79 Å². The largest absolute Gasteiger partial charge is 0.481 e. The molecule has 2 N–H and O–H groups in total. The Bertz CT molecular complexity index is 1080. The predicted molar refractivity (Wildman–Crippen MR) is 124 cm³/mol. The van der Waals surface area contributed by atoms with Crippen molar-refractivity contribution in [3.05, 3.63) is 102 Å². The third-order valence-electron chi connectivity index (χ3n) is 5.62. The zero-order chi connectivity index (χ0) is 22.3. The fourth-order valence-electron chi connectivity index (χ4n) is 4.14. The maximum absolute atomic E-state index is 12.5. The van der Waals surface area contributed by atoms with Crippen molar-refractivity contribution in [3.63, 3.8) is 0 Å². The highest BCUT2D eigenvalue weighted by Crippen LogP contribution is 2.44. The first kappa shape index (κ1) is 21.4. The molecular weight excluding hydrogens is 402 g/mol. The van der Waals surface area contributed by atoms with Gasteiger partial charge in [0.1, 0.15) is 6.61 Å². The summed E-state index contributed by atoms with van der Waals surface area (Å²) in [4.78, 5) is 23.7. The number of hydrogen-bond donors (Lipinski definition) is 2. The molecule has 3 aromatic rings. The van der Waals surface area contributed by atoms with Crippen LogP contribution in [-0.4, -0.2) is 29.8 Å². The molecule has 4 rings (SSSR count). The highest BCUT2D eigenvalue weighted by molar-refractivity contribution is 5.79. The lowest BCUT2D eigenvalue weighted by molar-refractivity contribution is -0.137. The van der Waals surface area contributed by atoms with Crippen molar-refractivity contribution in [1.29, 1.82) is 0 Å². The number of carbonyl (C=O) groups is 2. The average Bonchev–Trinajstić information content (AvgIpc) is 3.12. The first-order chi connectivity index (χ1) is 15.6. The van der Waals surface area contributed by atoms with Gasteiger partial charge in [-0.2, -0.15) is 0 Å². The molecule has 5 heteroatoms. The fraction of sp³-hybridized carbons (Fsp3) is 0.185. The van der Waals surface area contributed by atoms with Crippen LogP contribution < -0.4 is 5.32 Å². The first-order valence-corrected chi connectivity index (χ1v) is 10.7. The number of carboxylic acid groups (broad SMARTS) is 1. The minimum atomic E-state index is -0.970. The molecule has 5 nitrogen and oxygen atoms in total. The van der Waals surface area contributed by atoms with Crippen molar-refractivity contribution in [1.82, 2.24) is 5.32 Å². The Labute approximate surface area is 187 Å². The summed E-state index contributed by atoms with van der Waals surface area (Å²) >= 11 is 0. The minimum absolute atomic E-state index is 0.0379.